The minimum absolute atomic E-state index is 0.00894. The zero-order valence-corrected chi connectivity index (χ0v) is 14.8. The van der Waals surface area contributed by atoms with Gasteiger partial charge < -0.3 is 20.3 Å². The molecule has 2 aromatic rings. The Hall–Kier alpha value is -2.34. The Bertz CT molecular complexity index is 815. The second-order valence-corrected chi connectivity index (χ2v) is 7.54. The average Bonchev–Trinajstić information content (AvgIpc) is 3.35. The molecular weight excluding hydrogens is 330 g/mol. The second kappa shape index (κ2) is 7.11. The Morgan fingerprint density at radius 1 is 1.23 bits per heavy atom. The quantitative estimate of drug-likeness (QED) is 0.778. The molecule has 1 aliphatic heterocycles. The van der Waals surface area contributed by atoms with Crippen molar-refractivity contribution in [2.24, 2.45) is 5.92 Å². The number of aromatic nitrogens is 1. The van der Waals surface area contributed by atoms with Gasteiger partial charge in [0.2, 0.25) is 11.8 Å². The van der Waals surface area contributed by atoms with E-state index in [9.17, 15) is 14.7 Å². The molecule has 1 aromatic heterocycles. The minimum Gasteiger partial charge on any atom is -0.393 e. The van der Waals surface area contributed by atoms with Gasteiger partial charge in [0.15, 0.2) is 0 Å². The van der Waals surface area contributed by atoms with Gasteiger partial charge in [-0.15, -0.1) is 0 Å². The van der Waals surface area contributed by atoms with Crippen LogP contribution in [-0.4, -0.2) is 52.0 Å². The van der Waals surface area contributed by atoms with Crippen molar-refractivity contribution in [1.82, 2.24) is 15.2 Å². The number of carbonyl (C=O) groups is 2. The molecule has 3 atom stereocenters. The van der Waals surface area contributed by atoms with Crippen LogP contribution in [0.3, 0.4) is 0 Å². The number of carbonyl (C=O) groups excluding carboxylic acids is 2. The Kier molecular flexibility index (Phi) is 4.68. The summed E-state index contributed by atoms with van der Waals surface area (Å²) in [5.74, 6) is 0.0749. The summed E-state index contributed by atoms with van der Waals surface area (Å²) in [5, 5.41) is 13.8. The number of nitrogens with one attached hydrogen (secondary N) is 2. The summed E-state index contributed by atoms with van der Waals surface area (Å²) in [6, 6.07) is 7.97. The third-order valence-electron chi connectivity index (χ3n) is 5.65. The molecule has 2 heterocycles. The Morgan fingerprint density at radius 3 is 2.88 bits per heavy atom. The molecule has 2 fully saturated rings. The van der Waals surface area contributed by atoms with Gasteiger partial charge in [-0.2, -0.15) is 0 Å². The lowest BCUT2D eigenvalue weighted by Gasteiger charge is -2.20. The van der Waals surface area contributed by atoms with Crippen molar-refractivity contribution in [2.45, 2.75) is 44.2 Å². The molecule has 0 radical (unpaired) electrons. The molecule has 6 heteroatoms. The van der Waals surface area contributed by atoms with Gasteiger partial charge in [0.05, 0.1) is 12.5 Å². The minimum atomic E-state index is -0.335. The summed E-state index contributed by atoms with van der Waals surface area (Å²) in [7, 11) is 0. The Morgan fingerprint density at radius 2 is 2.08 bits per heavy atom. The number of rotatable bonds is 4. The highest BCUT2D eigenvalue weighted by atomic mass is 16.3. The van der Waals surface area contributed by atoms with Crippen LogP contribution in [-0.2, 0) is 16.0 Å². The molecule has 4 rings (SSSR count). The number of aliphatic hydroxyl groups is 1. The van der Waals surface area contributed by atoms with Crippen molar-refractivity contribution < 1.29 is 14.7 Å². The Balaban J connectivity index is 1.31. The second-order valence-electron chi connectivity index (χ2n) is 7.54. The van der Waals surface area contributed by atoms with E-state index in [4.69, 9.17) is 0 Å². The van der Waals surface area contributed by atoms with E-state index < -0.39 is 0 Å². The predicted octanol–water partition coefficient (Wildman–Crippen LogP) is 1.59. The number of H-pyrrole nitrogens is 1. The third kappa shape index (κ3) is 3.46. The first-order valence-electron chi connectivity index (χ1n) is 9.41. The lowest BCUT2D eigenvalue weighted by atomic mass is 10.1. The van der Waals surface area contributed by atoms with E-state index in [-0.39, 0.29) is 29.9 Å². The molecule has 0 spiro atoms. The van der Waals surface area contributed by atoms with E-state index in [1.807, 2.05) is 35.4 Å². The summed E-state index contributed by atoms with van der Waals surface area (Å²) < 4.78 is 0. The zero-order chi connectivity index (χ0) is 18.1. The van der Waals surface area contributed by atoms with E-state index in [0.717, 1.165) is 35.7 Å². The number of hydrogen-bond donors (Lipinski definition) is 3. The number of amides is 2. The molecule has 3 N–H and O–H groups in total. The monoisotopic (exact) mass is 355 g/mol. The standard InChI is InChI=1S/C20H25N3O3/c24-16-6-5-13(9-16)20(26)23-8-7-15(12-23)22-19(25)10-14-11-21-18-4-2-1-3-17(14)18/h1-4,11,13,15-16,21,24H,5-10,12H2,(H,22,25)/t13-,15-,16-/m1/s1. The summed E-state index contributed by atoms with van der Waals surface area (Å²) >= 11 is 0. The first-order valence-corrected chi connectivity index (χ1v) is 9.41. The number of aromatic amines is 1. The van der Waals surface area contributed by atoms with Crippen molar-refractivity contribution in [3.05, 3.63) is 36.0 Å². The normalized spacial score (nSPS) is 25.7. The fourth-order valence-corrected chi connectivity index (χ4v) is 4.25. The van der Waals surface area contributed by atoms with Crippen LogP contribution in [0.25, 0.3) is 10.9 Å². The average molecular weight is 355 g/mol. The summed E-state index contributed by atoms with van der Waals surface area (Å²) in [5.41, 5.74) is 2.02. The van der Waals surface area contributed by atoms with Gasteiger partial charge >= 0.3 is 0 Å². The molecule has 1 saturated carbocycles. The van der Waals surface area contributed by atoms with Crippen molar-refractivity contribution in [1.29, 1.82) is 0 Å². The van der Waals surface area contributed by atoms with Gasteiger partial charge in [-0.3, -0.25) is 9.59 Å². The molecule has 1 aliphatic carbocycles. The van der Waals surface area contributed by atoms with Crippen molar-refractivity contribution >= 4 is 22.7 Å². The van der Waals surface area contributed by atoms with Gasteiger partial charge in [0.25, 0.3) is 0 Å². The van der Waals surface area contributed by atoms with E-state index >= 15 is 0 Å². The summed E-state index contributed by atoms with van der Waals surface area (Å²) in [6.07, 6.45) is 4.75. The van der Waals surface area contributed by atoms with Gasteiger partial charge in [-0.25, -0.2) is 0 Å². The van der Waals surface area contributed by atoms with Gasteiger partial charge in [-0.05, 0) is 37.3 Å². The molecule has 0 unspecified atom stereocenters. The number of fused-ring (bicyclic) bond motifs is 1. The maximum Gasteiger partial charge on any atom is 0.225 e. The van der Waals surface area contributed by atoms with Crippen LogP contribution in [0.5, 0.6) is 0 Å². The van der Waals surface area contributed by atoms with Gasteiger partial charge in [0, 0.05) is 42.1 Å². The highest BCUT2D eigenvalue weighted by Gasteiger charge is 2.35. The van der Waals surface area contributed by atoms with E-state index in [0.29, 0.717) is 25.9 Å². The molecular formula is C20H25N3O3. The number of aliphatic hydroxyl groups excluding tert-OH is 1. The summed E-state index contributed by atoms with van der Waals surface area (Å²) in [6.45, 7) is 1.26. The van der Waals surface area contributed by atoms with Crippen molar-refractivity contribution in [3.8, 4) is 0 Å². The van der Waals surface area contributed by atoms with Crippen LogP contribution in [0.4, 0.5) is 0 Å². The number of para-hydroxylation sites is 1. The lowest BCUT2D eigenvalue weighted by molar-refractivity contribution is -0.134. The van der Waals surface area contributed by atoms with Gasteiger partial charge in [0.1, 0.15) is 0 Å². The van der Waals surface area contributed by atoms with Crippen LogP contribution in [0.2, 0.25) is 0 Å². The first kappa shape index (κ1) is 17.1. The summed E-state index contributed by atoms with van der Waals surface area (Å²) in [4.78, 5) is 30.0. The van der Waals surface area contributed by atoms with Crippen LogP contribution in [0, 0.1) is 5.92 Å². The number of likely N-dealkylation sites (tertiary alicyclic amines) is 1. The first-order chi connectivity index (χ1) is 12.6. The van der Waals surface area contributed by atoms with Crippen LogP contribution >= 0.6 is 0 Å². The zero-order valence-electron chi connectivity index (χ0n) is 14.8. The molecule has 2 aliphatic rings. The molecule has 0 bridgehead atoms. The van der Waals surface area contributed by atoms with Crippen LogP contribution < -0.4 is 5.32 Å². The van der Waals surface area contributed by atoms with E-state index in [2.05, 4.69) is 10.3 Å². The maximum atomic E-state index is 12.5. The molecule has 26 heavy (non-hydrogen) atoms. The van der Waals surface area contributed by atoms with E-state index in [1.165, 1.54) is 0 Å². The fraction of sp³-hybridized carbons (Fsp3) is 0.500. The predicted molar refractivity (Wildman–Crippen MR) is 98.5 cm³/mol. The molecule has 2 amide bonds. The molecule has 138 valence electrons. The topological polar surface area (TPSA) is 85.4 Å². The highest BCUT2D eigenvalue weighted by Crippen LogP contribution is 2.28. The van der Waals surface area contributed by atoms with E-state index in [1.54, 1.807) is 0 Å². The fourth-order valence-electron chi connectivity index (χ4n) is 4.25. The molecule has 1 saturated heterocycles. The van der Waals surface area contributed by atoms with Crippen LogP contribution in [0.15, 0.2) is 30.5 Å². The molecule has 6 nitrogen and oxygen atoms in total. The lowest BCUT2D eigenvalue weighted by Crippen LogP contribution is -2.40. The molecule has 1 aromatic carbocycles. The largest absolute Gasteiger partial charge is 0.393 e. The van der Waals surface area contributed by atoms with Gasteiger partial charge in [-0.1, -0.05) is 18.2 Å². The van der Waals surface area contributed by atoms with Crippen LogP contribution in [0.1, 0.15) is 31.2 Å². The third-order valence-corrected chi connectivity index (χ3v) is 5.65. The maximum absolute atomic E-state index is 12.5. The smallest absolute Gasteiger partial charge is 0.225 e. The number of nitrogens with zero attached hydrogens (tertiary/aromatic N) is 1. The van der Waals surface area contributed by atoms with Crippen molar-refractivity contribution in [3.63, 3.8) is 0 Å². The number of benzene rings is 1. The Labute approximate surface area is 152 Å². The SMILES string of the molecule is O=C(Cc1c[nH]c2ccccc12)N[C@@H]1CCN(C(=O)[C@@H]2CC[C@@H](O)C2)C1. The highest BCUT2D eigenvalue weighted by molar-refractivity contribution is 5.89. The van der Waals surface area contributed by atoms with Crippen molar-refractivity contribution in [2.75, 3.05) is 13.1 Å². The number of hydrogen-bond acceptors (Lipinski definition) is 3.